The molecule has 0 bridgehead atoms. The zero-order chi connectivity index (χ0) is 87.3. The van der Waals surface area contributed by atoms with E-state index in [9.17, 15) is 0 Å². The maximum absolute atomic E-state index is 6.56. The number of para-hydroxylation sites is 8. The third-order valence-electron chi connectivity index (χ3n) is 27.1. The van der Waals surface area contributed by atoms with Gasteiger partial charge in [-0.15, -0.1) is 22.7 Å². The molecule has 0 amide bonds. The summed E-state index contributed by atoms with van der Waals surface area (Å²) in [5, 5.41) is 30.1. The van der Waals surface area contributed by atoms with Crippen LogP contribution in [0, 0.1) is 0 Å². The van der Waals surface area contributed by atoms with E-state index in [0.717, 1.165) is 56.3 Å². The number of hydrogen-bond donors (Lipinski definition) is 0. The van der Waals surface area contributed by atoms with Crippen molar-refractivity contribution in [3.05, 3.63) is 455 Å². The van der Waals surface area contributed by atoms with E-state index in [1.165, 1.54) is 204 Å². The molecule has 29 rings (SSSR count). The highest BCUT2D eigenvalue weighted by Crippen LogP contribution is 2.48. The Labute approximate surface area is 770 Å². The Morgan fingerprint density at radius 3 is 0.910 bits per heavy atom. The minimum Gasteiger partial charge on any atom is -0.454 e. The quantitative estimate of drug-likeness (QED) is 0.135. The van der Waals surface area contributed by atoms with Crippen LogP contribution >= 0.6 is 22.7 Å². The summed E-state index contributed by atoms with van der Waals surface area (Å²) in [7, 11) is 0. The van der Waals surface area contributed by atoms with Crippen LogP contribution in [-0.2, 0) is 0 Å². The first-order valence-electron chi connectivity index (χ1n) is 45.1. The van der Waals surface area contributed by atoms with E-state index in [2.05, 4.69) is 437 Å². The zero-order valence-electron chi connectivity index (χ0n) is 71.7. The topological polar surface area (TPSA) is 69.8 Å². The lowest BCUT2D eigenvalue weighted by Gasteiger charge is -2.24. The Morgan fingerprint density at radius 2 is 0.519 bits per heavy atom. The maximum atomic E-state index is 6.56. The summed E-state index contributed by atoms with van der Waals surface area (Å²) in [5.41, 5.74) is 20.1. The monoisotopic (exact) mass is 1730 g/mol. The van der Waals surface area contributed by atoms with Crippen molar-refractivity contribution in [3.63, 3.8) is 0 Å². The minimum atomic E-state index is 0.812. The van der Waals surface area contributed by atoms with Crippen LogP contribution in [0.15, 0.2) is 460 Å². The van der Waals surface area contributed by atoms with Crippen molar-refractivity contribution < 1.29 is 4.42 Å². The lowest BCUT2D eigenvalue weighted by Crippen LogP contribution is -2.10. The number of aromatic nitrogens is 6. The van der Waals surface area contributed by atoms with Crippen LogP contribution in [0.25, 0.3) is 243 Å². The average molecular weight is 1730 g/mol. The van der Waals surface area contributed by atoms with Crippen molar-refractivity contribution >= 4 is 232 Å². The summed E-state index contributed by atoms with van der Waals surface area (Å²) in [4.78, 5) is 16.9. The second kappa shape index (κ2) is 30.8. The van der Waals surface area contributed by atoms with Crippen LogP contribution in [0.1, 0.15) is 0 Å². The van der Waals surface area contributed by atoms with Gasteiger partial charge in [0, 0.05) is 110 Å². The molecule has 0 unspecified atom stereocenters. The van der Waals surface area contributed by atoms with E-state index >= 15 is 0 Å². The zero-order valence-corrected chi connectivity index (χ0v) is 73.3. The molecule has 0 N–H and O–H groups in total. The van der Waals surface area contributed by atoms with Crippen LogP contribution in [-0.4, -0.2) is 28.7 Å². The molecule has 9 aromatic heterocycles. The summed E-state index contributed by atoms with van der Waals surface area (Å²) in [6.07, 6.45) is 7.89. The molecule has 0 fully saturated rings. The van der Waals surface area contributed by atoms with E-state index in [4.69, 9.17) is 19.4 Å². The molecule has 9 heterocycles. The summed E-state index contributed by atoms with van der Waals surface area (Å²) in [6, 6.07) is 155. The highest BCUT2D eigenvalue weighted by molar-refractivity contribution is 7.26. The van der Waals surface area contributed by atoms with Gasteiger partial charge in [-0.25, -0.2) is 9.97 Å². The number of pyridine rings is 3. The molecule has 620 valence electrons. The Balaban J connectivity index is 0.000000103. The standard InChI is InChI=1S/C47H28N2S.C41H24N2S.C35H23N3O/c1-2-14-35-33(12-1)34-13-3-4-15-36(34)40-25-31(20-22-37(35)40)29-10-9-11-30(24-29)32-21-23-45-41(26-32)42-27-47(48-28-46(42)50-45)49-43-18-7-5-16-38(43)39-17-6-8-19-44(39)49;1-2-11-29-27(9-1)28-10-3-4-12-30(28)34-21-25(17-19-31(29)34)26-18-20-39-35(22-26)36-23-41(42-24-40(36)44-39)43-37-15-7-5-13-32(37)33-14-6-8-16-38(33)43;1-3-11-24(12-4-1)37(25-13-5-2-6-14-25)33-23-36-22-30-29-21-26(19-20-34(29)39-35(30)33)38-31-17-9-7-15-27(31)28-16-8-10-18-32(28)38/h1-28H;1-24H;1-23H. The SMILES string of the molecule is c1cc(-c2ccc3sc4cnc(-n5c6ccccc6c6ccccc65)cc4c3c2)cc(-c2ccc3c4ccccc4c4ccccc4c3c2)c1.c1ccc(N(c2ccccc2)c2cncc3c2oc2ccc(-n4c5ccccc5c5ccccc54)cc23)cc1.c1ccc2c(c1)c1ccccc1c1cc(-c3ccc4sc5cnc(-n6c7ccccc7c7ccccc76)cc5c4c3)ccc21. The fraction of sp³-hybridized carbons (Fsp3) is 0. The number of thiophene rings is 2. The van der Waals surface area contributed by atoms with Crippen LogP contribution in [0.2, 0.25) is 0 Å². The van der Waals surface area contributed by atoms with Gasteiger partial charge in [0.2, 0.25) is 0 Å². The summed E-state index contributed by atoms with van der Waals surface area (Å²) in [6.45, 7) is 0. The van der Waals surface area contributed by atoms with E-state index in [0.29, 0.717) is 0 Å². The number of anilines is 3. The molecule has 0 radical (unpaired) electrons. The fourth-order valence-electron chi connectivity index (χ4n) is 21.1. The second-order valence-corrected chi connectivity index (χ2v) is 36.6. The maximum Gasteiger partial charge on any atom is 0.162 e. The van der Waals surface area contributed by atoms with Crippen molar-refractivity contribution in [1.29, 1.82) is 0 Å². The van der Waals surface area contributed by atoms with E-state index in [1.807, 2.05) is 59.6 Å². The van der Waals surface area contributed by atoms with Gasteiger partial charge in [-0.05, 0) is 231 Å². The number of fused-ring (bicyclic) bond motifs is 30. The highest BCUT2D eigenvalue weighted by atomic mass is 32.1. The van der Waals surface area contributed by atoms with Gasteiger partial charge in [0.05, 0.1) is 48.7 Å². The third-order valence-corrected chi connectivity index (χ3v) is 29.3. The van der Waals surface area contributed by atoms with Gasteiger partial charge in [-0.2, -0.15) is 0 Å². The molecule has 0 aliphatic carbocycles. The third kappa shape index (κ3) is 12.4. The lowest BCUT2D eigenvalue weighted by atomic mass is 9.91. The van der Waals surface area contributed by atoms with E-state index < -0.39 is 0 Å². The highest BCUT2D eigenvalue weighted by Gasteiger charge is 2.25. The van der Waals surface area contributed by atoms with Crippen molar-refractivity contribution in [2.75, 3.05) is 4.90 Å². The predicted octanol–water partition coefficient (Wildman–Crippen LogP) is 34.6. The molecule has 0 spiro atoms. The van der Waals surface area contributed by atoms with Gasteiger partial charge < -0.3 is 13.9 Å². The Morgan fingerprint density at radius 1 is 0.203 bits per heavy atom. The number of rotatable bonds is 9. The number of nitrogens with zero attached hydrogens (tertiary/aromatic N) is 7. The second-order valence-electron chi connectivity index (χ2n) is 34.4. The first-order chi connectivity index (χ1) is 66.0. The first kappa shape index (κ1) is 75.9. The van der Waals surface area contributed by atoms with Crippen molar-refractivity contribution in [2.24, 2.45) is 0 Å². The molecule has 10 heteroatoms. The van der Waals surface area contributed by atoms with Gasteiger partial charge in [-0.1, -0.05) is 297 Å². The van der Waals surface area contributed by atoms with Crippen molar-refractivity contribution in [2.45, 2.75) is 0 Å². The van der Waals surface area contributed by atoms with Crippen LogP contribution in [0.3, 0.4) is 0 Å². The largest absolute Gasteiger partial charge is 0.454 e. The summed E-state index contributed by atoms with van der Waals surface area (Å²) in [5.74, 6) is 1.89. The number of hydrogen-bond acceptors (Lipinski definition) is 7. The van der Waals surface area contributed by atoms with Crippen molar-refractivity contribution in [3.8, 4) is 50.7 Å². The molecular formula is C123H75N7OS2. The molecular weight excluding hydrogens is 1660 g/mol. The normalized spacial score (nSPS) is 11.9. The molecule has 0 atom stereocenters. The Kier molecular flexibility index (Phi) is 17.6. The lowest BCUT2D eigenvalue weighted by molar-refractivity contribution is 0.668. The van der Waals surface area contributed by atoms with Crippen molar-refractivity contribution in [1.82, 2.24) is 28.7 Å². The predicted molar refractivity (Wildman–Crippen MR) is 565 cm³/mol. The van der Waals surface area contributed by atoms with Gasteiger partial charge in [-0.3, -0.25) is 14.1 Å². The van der Waals surface area contributed by atoms with Crippen LogP contribution in [0.4, 0.5) is 17.1 Å². The molecule has 0 aliphatic rings. The van der Waals surface area contributed by atoms with Gasteiger partial charge in [0.25, 0.3) is 0 Å². The summed E-state index contributed by atoms with van der Waals surface area (Å²) < 4.78 is 18.5. The number of benzene rings is 20. The molecule has 8 nitrogen and oxygen atoms in total. The number of furan rings is 1. The first-order valence-corrected chi connectivity index (χ1v) is 46.7. The molecule has 20 aromatic carbocycles. The fourth-order valence-corrected chi connectivity index (χ4v) is 23.2. The molecule has 29 aromatic rings. The van der Waals surface area contributed by atoms with Crippen LogP contribution in [0.5, 0.6) is 0 Å². The average Bonchev–Trinajstić information content (AvgIpc) is 1.70. The van der Waals surface area contributed by atoms with Gasteiger partial charge >= 0.3 is 0 Å². The van der Waals surface area contributed by atoms with E-state index in [-0.39, 0.29) is 0 Å². The van der Waals surface area contributed by atoms with E-state index in [1.54, 1.807) is 0 Å². The van der Waals surface area contributed by atoms with Gasteiger partial charge in [0.15, 0.2) is 5.58 Å². The Bertz CT molecular complexity index is 9570. The summed E-state index contributed by atoms with van der Waals surface area (Å²) >= 11 is 3.62. The van der Waals surface area contributed by atoms with Crippen LogP contribution < -0.4 is 4.90 Å². The molecule has 0 saturated carbocycles. The smallest absolute Gasteiger partial charge is 0.162 e. The molecule has 0 saturated heterocycles. The molecule has 0 aliphatic heterocycles. The molecule has 133 heavy (non-hydrogen) atoms. The Hall–Kier alpha value is -17.2. The minimum absolute atomic E-state index is 0.812. The van der Waals surface area contributed by atoms with Gasteiger partial charge in [0.1, 0.15) is 22.9 Å².